The van der Waals surface area contributed by atoms with E-state index in [2.05, 4.69) is 41.5 Å². The molecule has 532 valence electrons. The second-order valence-electron chi connectivity index (χ2n) is 29.0. The molecule has 0 aliphatic heterocycles. The van der Waals surface area contributed by atoms with Crippen molar-refractivity contribution in [2.24, 2.45) is 0 Å². The Hall–Kier alpha value is 0.586. The number of rotatable bonds is 74. The topological polar surface area (TPSA) is 114 Å². The third-order valence-electron chi connectivity index (χ3n) is 20.5. The molecular formula is C80H162MgO6S2. The van der Waals surface area contributed by atoms with E-state index in [4.69, 9.17) is 0 Å². The molecule has 0 spiro atoms. The summed E-state index contributed by atoms with van der Waals surface area (Å²) < 4.78 is 74.9. The van der Waals surface area contributed by atoms with Crippen LogP contribution in [0.2, 0.25) is 0 Å². The predicted molar refractivity (Wildman–Crippen MR) is 397 cm³/mol. The Balaban J connectivity index is -0.00000164. The third-order valence-corrected chi connectivity index (χ3v) is 23.8. The van der Waals surface area contributed by atoms with E-state index in [0.29, 0.717) is 38.5 Å². The van der Waals surface area contributed by atoms with Gasteiger partial charge in [0.2, 0.25) is 0 Å². The standard InChI is InChI=1S/2C40H82O3S.Mg/c2*1-4-7-10-13-16-19-22-23-24-27-30-33-36-39-40(44(41,42)43,37-34-31-28-25-20-17-14-11-8-5-2)38-35-32-29-26-21-18-15-12-9-6-3;/h2*4-39H2,1-3H3,(H,41,42,43);/q;;+2/p-2. The molecule has 0 atom stereocenters. The second kappa shape index (κ2) is 72.8. The van der Waals surface area contributed by atoms with Crippen LogP contribution in [0.5, 0.6) is 0 Å². The molecule has 89 heavy (non-hydrogen) atoms. The quantitative estimate of drug-likeness (QED) is 0.0340. The van der Waals surface area contributed by atoms with Crippen LogP contribution in [0.15, 0.2) is 0 Å². The van der Waals surface area contributed by atoms with E-state index in [0.717, 1.165) is 77.0 Å². The zero-order chi connectivity index (χ0) is 64.9. The summed E-state index contributed by atoms with van der Waals surface area (Å²) in [5.74, 6) is 0. The summed E-state index contributed by atoms with van der Waals surface area (Å²) in [5.41, 5.74) is 0. The molecule has 0 radical (unpaired) electrons. The summed E-state index contributed by atoms with van der Waals surface area (Å²) in [6, 6.07) is 0. The molecule has 0 saturated carbocycles. The van der Waals surface area contributed by atoms with Gasteiger partial charge in [0.1, 0.15) is 20.2 Å². The molecule has 0 amide bonds. The average molecular weight is 1310 g/mol. The van der Waals surface area contributed by atoms with E-state index < -0.39 is 29.7 Å². The van der Waals surface area contributed by atoms with Crippen LogP contribution in [0.4, 0.5) is 0 Å². The minimum atomic E-state index is -4.31. The molecule has 0 bridgehead atoms. The number of hydrogen-bond donors (Lipinski definition) is 0. The van der Waals surface area contributed by atoms with Gasteiger partial charge in [-0.3, -0.25) is 0 Å². The Kier molecular flexibility index (Phi) is 76.8. The van der Waals surface area contributed by atoms with Gasteiger partial charge in [-0.15, -0.1) is 0 Å². The van der Waals surface area contributed by atoms with E-state index in [1.807, 2.05) is 0 Å². The Labute approximate surface area is 578 Å². The molecule has 0 aromatic carbocycles. The summed E-state index contributed by atoms with van der Waals surface area (Å²) >= 11 is 0. The van der Waals surface area contributed by atoms with Crippen molar-refractivity contribution in [3.05, 3.63) is 0 Å². The van der Waals surface area contributed by atoms with Crippen molar-refractivity contribution in [2.45, 2.75) is 513 Å². The minimum absolute atomic E-state index is 0. The Morgan fingerprint density at radius 2 is 0.247 bits per heavy atom. The second-order valence-corrected chi connectivity index (χ2v) is 32.5. The zero-order valence-corrected chi connectivity index (χ0v) is 64.9. The van der Waals surface area contributed by atoms with Crippen molar-refractivity contribution in [3.8, 4) is 0 Å². The minimum Gasteiger partial charge on any atom is -0.748 e. The van der Waals surface area contributed by atoms with E-state index in [1.54, 1.807) is 0 Å². The van der Waals surface area contributed by atoms with Gasteiger partial charge in [0.15, 0.2) is 0 Å². The smallest absolute Gasteiger partial charge is 0.748 e. The predicted octanol–water partition coefficient (Wildman–Crippen LogP) is 28.4. The van der Waals surface area contributed by atoms with Crippen LogP contribution in [-0.2, 0) is 20.2 Å². The van der Waals surface area contributed by atoms with Gasteiger partial charge in [0, 0.05) is 0 Å². The molecule has 9 heteroatoms. The fourth-order valence-corrected chi connectivity index (χ4v) is 16.5. The van der Waals surface area contributed by atoms with Crippen molar-refractivity contribution in [1.29, 1.82) is 0 Å². The fourth-order valence-electron chi connectivity index (χ4n) is 14.2. The SMILES string of the molecule is CCCCCCCCCCCCCCCC(CCCCCCCCCCCC)(CCCCCCCCCCCC)S(=O)(=O)[O-].CCCCCCCCCCCCCCCC(CCCCCCCCCCCC)(CCCCCCCCCCCC)S(=O)(=O)[O-].[Mg+2]. The van der Waals surface area contributed by atoms with Gasteiger partial charge >= 0.3 is 23.1 Å². The number of hydrogen-bond acceptors (Lipinski definition) is 6. The molecule has 6 nitrogen and oxygen atoms in total. The van der Waals surface area contributed by atoms with Gasteiger partial charge in [0.05, 0.1) is 9.49 Å². The van der Waals surface area contributed by atoms with Crippen LogP contribution in [-0.4, -0.2) is 58.5 Å². The summed E-state index contributed by atoms with van der Waals surface area (Å²) in [5, 5.41) is 0. The Bertz CT molecular complexity index is 1390. The molecule has 0 aliphatic rings. The Morgan fingerprint density at radius 1 is 0.169 bits per heavy atom. The van der Waals surface area contributed by atoms with Crippen LogP contribution in [0.3, 0.4) is 0 Å². The first-order valence-electron chi connectivity index (χ1n) is 40.8. The van der Waals surface area contributed by atoms with Crippen LogP contribution >= 0.6 is 0 Å². The van der Waals surface area contributed by atoms with Crippen molar-refractivity contribution in [2.75, 3.05) is 0 Å². The van der Waals surface area contributed by atoms with E-state index in [9.17, 15) is 25.9 Å². The maximum absolute atomic E-state index is 12.8. The summed E-state index contributed by atoms with van der Waals surface area (Å²) in [6.07, 6.45) is 86.4. The molecule has 0 aliphatic carbocycles. The maximum atomic E-state index is 12.8. The molecule has 0 heterocycles. The average Bonchev–Trinajstić information content (AvgIpc) is 2.56. The number of unbranched alkanes of at least 4 members (excludes halogenated alkanes) is 60. The summed E-state index contributed by atoms with van der Waals surface area (Å²) in [6.45, 7) is 13.6. The summed E-state index contributed by atoms with van der Waals surface area (Å²) in [4.78, 5) is 0. The molecular weight excluding hydrogens is 1150 g/mol. The van der Waals surface area contributed by atoms with Gasteiger partial charge in [-0.05, 0) is 38.5 Å². The molecule has 0 rings (SSSR count). The first-order valence-corrected chi connectivity index (χ1v) is 43.6. The molecule has 0 aromatic rings. The van der Waals surface area contributed by atoms with Crippen LogP contribution in [0, 0.1) is 0 Å². The van der Waals surface area contributed by atoms with Crippen molar-refractivity contribution >= 4 is 43.3 Å². The first kappa shape index (κ1) is 93.8. The van der Waals surface area contributed by atoms with E-state index >= 15 is 0 Å². The van der Waals surface area contributed by atoms with Crippen molar-refractivity contribution < 1.29 is 25.9 Å². The maximum Gasteiger partial charge on any atom is 2.00 e. The van der Waals surface area contributed by atoms with E-state index in [1.165, 1.54) is 347 Å². The zero-order valence-electron chi connectivity index (χ0n) is 61.9. The molecule has 0 unspecified atom stereocenters. The third kappa shape index (κ3) is 63.1. The van der Waals surface area contributed by atoms with Gasteiger partial charge in [-0.2, -0.15) is 0 Å². The monoisotopic (exact) mass is 1310 g/mol. The van der Waals surface area contributed by atoms with Gasteiger partial charge in [-0.25, -0.2) is 16.8 Å². The largest absolute Gasteiger partial charge is 2.00 e. The van der Waals surface area contributed by atoms with Gasteiger partial charge in [-0.1, -0.05) is 465 Å². The van der Waals surface area contributed by atoms with Crippen LogP contribution in [0.25, 0.3) is 0 Å². The molecule has 0 N–H and O–H groups in total. The van der Waals surface area contributed by atoms with Gasteiger partial charge < -0.3 is 9.11 Å². The summed E-state index contributed by atoms with van der Waals surface area (Å²) in [7, 11) is -8.63. The fraction of sp³-hybridized carbons (Fsp3) is 1.00. The van der Waals surface area contributed by atoms with Crippen LogP contribution in [0.1, 0.15) is 504 Å². The molecule has 0 fully saturated rings. The normalized spacial score (nSPS) is 12.2. The van der Waals surface area contributed by atoms with E-state index in [-0.39, 0.29) is 23.1 Å². The first-order chi connectivity index (χ1) is 42.9. The van der Waals surface area contributed by atoms with Crippen molar-refractivity contribution in [1.82, 2.24) is 0 Å². The van der Waals surface area contributed by atoms with Gasteiger partial charge in [0.25, 0.3) is 0 Å². The molecule has 0 aromatic heterocycles. The molecule has 0 saturated heterocycles. The Morgan fingerprint density at radius 3 is 0.326 bits per heavy atom. The van der Waals surface area contributed by atoms with Crippen molar-refractivity contribution in [3.63, 3.8) is 0 Å². The van der Waals surface area contributed by atoms with Crippen LogP contribution < -0.4 is 0 Å².